The molecule has 6 nitrogen and oxygen atoms in total. The van der Waals surface area contributed by atoms with Crippen LogP contribution in [-0.2, 0) is 13.1 Å². The minimum atomic E-state index is -0.855. The van der Waals surface area contributed by atoms with Gasteiger partial charge in [-0.15, -0.1) is 0 Å². The van der Waals surface area contributed by atoms with Crippen molar-refractivity contribution in [2.45, 2.75) is 38.8 Å². The smallest absolute Gasteiger partial charge is 0.339 e. The van der Waals surface area contributed by atoms with Crippen LogP contribution in [0.25, 0.3) is 0 Å². The van der Waals surface area contributed by atoms with Gasteiger partial charge in [-0.25, -0.2) is 18.3 Å². The van der Waals surface area contributed by atoms with Crippen LogP contribution in [0.4, 0.5) is 8.78 Å². The SMILES string of the molecule is CCn1c(C2CCN(C(=O)c3ccc(F)cc3F)CC2)nn(Cc2ccccc2)c1=O. The standard InChI is InChI=1S/C23H24F2N4O2/c1-2-28-21(26-29(23(28)31)15-16-6-4-3-5-7-16)17-10-12-27(13-11-17)22(30)19-9-8-18(24)14-20(19)25/h3-9,14,17H,2,10-13,15H2,1H3. The molecule has 2 heterocycles. The molecule has 0 aliphatic carbocycles. The Kier molecular flexibility index (Phi) is 5.97. The van der Waals surface area contributed by atoms with E-state index < -0.39 is 17.5 Å². The molecule has 2 aromatic carbocycles. The molecule has 1 aromatic heterocycles. The number of hydrogen-bond donors (Lipinski definition) is 0. The molecule has 1 fully saturated rings. The highest BCUT2D eigenvalue weighted by atomic mass is 19.1. The Morgan fingerprint density at radius 1 is 1.10 bits per heavy atom. The van der Waals surface area contributed by atoms with Gasteiger partial charge in [0.15, 0.2) is 0 Å². The quantitative estimate of drug-likeness (QED) is 0.628. The summed E-state index contributed by atoms with van der Waals surface area (Å²) in [5.74, 6) is -1.25. The van der Waals surface area contributed by atoms with Crippen molar-refractivity contribution < 1.29 is 13.6 Å². The molecule has 1 aliphatic heterocycles. The maximum atomic E-state index is 14.0. The van der Waals surface area contributed by atoms with E-state index in [0.29, 0.717) is 39.0 Å². The van der Waals surface area contributed by atoms with Gasteiger partial charge < -0.3 is 4.90 Å². The van der Waals surface area contributed by atoms with Crippen molar-refractivity contribution in [2.75, 3.05) is 13.1 Å². The molecule has 0 bridgehead atoms. The number of benzene rings is 2. The summed E-state index contributed by atoms with van der Waals surface area (Å²) < 4.78 is 30.3. The fraction of sp³-hybridized carbons (Fsp3) is 0.348. The van der Waals surface area contributed by atoms with Crippen molar-refractivity contribution in [1.29, 1.82) is 0 Å². The van der Waals surface area contributed by atoms with Crippen LogP contribution in [0.1, 0.15) is 47.4 Å². The highest BCUT2D eigenvalue weighted by Crippen LogP contribution is 2.27. The third-order valence-corrected chi connectivity index (χ3v) is 5.75. The molecule has 4 rings (SSSR count). The summed E-state index contributed by atoms with van der Waals surface area (Å²) in [6.45, 7) is 3.67. The number of carbonyl (C=O) groups excluding carboxylic acids is 1. The van der Waals surface area contributed by atoms with Gasteiger partial charge in [0, 0.05) is 31.6 Å². The number of carbonyl (C=O) groups is 1. The van der Waals surface area contributed by atoms with Gasteiger partial charge in [-0.1, -0.05) is 30.3 Å². The van der Waals surface area contributed by atoms with Crippen molar-refractivity contribution in [3.05, 3.63) is 87.6 Å². The van der Waals surface area contributed by atoms with Gasteiger partial charge in [0.2, 0.25) is 0 Å². The molecule has 8 heteroatoms. The van der Waals surface area contributed by atoms with Crippen molar-refractivity contribution in [3.63, 3.8) is 0 Å². The molecule has 0 N–H and O–H groups in total. The lowest BCUT2D eigenvalue weighted by atomic mass is 9.95. The largest absolute Gasteiger partial charge is 0.346 e. The summed E-state index contributed by atoms with van der Waals surface area (Å²) in [6, 6.07) is 12.7. The van der Waals surface area contributed by atoms with Crippen molar-refractivity contribution in [2.24, 2.45) is 0 Å². The number of halogens is 2. The molecule has 0 spiro atoms. The maximum absolute atomic E-state index is 14.0. The van der Waals surface area contributed by atoms with Gasteiger partial charge in [-0.05, 0) is 37.5 Å². The van der Waals surface area contributed by atoms with Crippen LogP contribution in [0.3, 0.4) is 0 Å². The molecule has 0 atom stereocenters. The monoisotopic (exact) mass is 426 g/mol. The van der Waals surface area contributed by atoms with E-state index in [0.717, 1.165) is 23.5 Å². The first kappa shape index (κ1) is 21.0. The molecule has 1 saturated heterocycles. The van der Waals surface area contributed by atoms with Gasteiger partial charge >= 0.3 is 5.69 Å². The Balaban J connectivity index is 1.49. The highest BCUT2D eigenvalue weighted by Gasteiger charge is 2.29. The van der Waals surface area contributed by atoms with E-state index in [1.54, 1.807) is 9.47 Å². The molecule has 0 saturated carbocycles. The second-order valence-electron chi connectivity index (χ2n) is 7.72. The zero-order chi connectivity index (χ0) is 22.0. The number of rotatable bonds is 5. The maximum Gasteiger partial charge on any atom is 0.346 e. The number of hydrogen-bond acceptors (Lipinski definition) is 3. The molecular formula is C23H24F2N4O2. The van der Waals surface area contributed by atoms with E-state index in [4.69, 9.17) is 0 Å². The summed E-state index contributed by atoms with van der Waals surface area (Å²) in [4.78, 5) is 27.0. The third kappa shape index (κ3) is 4.28. The van der Waals surface area contributed by atoms with E-state index in [2.05, 4.69) is 5.10 Å². The summed E-state index contributed by atoms with van der Waals surface area (Å²) in [5.41, 5.74) is 0.726. The van der Waals surface area contributed by atoms with E-state index in [9.17, 15) is 18.4 Å². The number of likely N-dealkylation sites (tertiary alicyclic amines) is 1. The molecule has 162 valence electrons. The Bertz CT molecular complexity index is 1130. The molecular weight excluding hydrogens is 402 g/mol. The zero-order valence-electron chi connectivity index (χ0n) is 17.3. The topological polar surface area (TPSA) is 60.1 Å². The number of amides is 1. The normalized spacial score (nSPS) is 14.7. The second kappa shape index (κ2) is 8.83. The average molecular weight is 426 g/mol. The van der Waals surface area contributed by atoms with Crippen molar-refractivity contribution >= 4 is 5.91 Å². The van der Waals surface area contributed by atoms with Crippen LogP contribution in [-0.4, -0.2) is 38.2 Å². The first-order valence-corrected chi connectivity index (χ1v) is 10.4. The van der Waals surface area contributed by atoms with Crippen LogP contribution in [0.2, 0.25) is 0 Å². The van der Waals surface area contributed by atoms with Crippen LogP contribution in [0, 0.1) is 11.6 Å². The van der Waals surface area contributed by atoms with Crippen LogP contribution >= 0.6 is 0 Å². The predicted octanol–water partition coefficient (Wildman–Crippen LogP) is 3.41. The molecule has 3 aromatic rings. The molecule has 1 amide bonds. The molecule has 0 unspecified atom stereocenters. The summed E-state index contributed by atoms with van der Waals surface area (Å²) >= 11 is 0. The predicted molar refractivity (Wildman–Crippen MR) is 112 cm³/mol. The van der Waals surface area contributed by atoms with Crippen LogP contribution in [0.15, 0.2) is 53.3 Å². The Hall–Kier alpha value is -3.29. The zero-order valence-corrected chi connectivity index (χ0v) is 17.3. The molecule has 0 radical (unpaired) electrons. The Morgan fingerprint density at radius 2 is 1.81 bits per heavy atom. The van der Waals surface area contributed by atoms with Crippen LogP contribution < -0.4 is 5.69 Å². The highest BCUT2D eigenvalue weighted by molar-refractivity contribution is 5.94. The number of piperidine rings is 1. The molecule has 1 aliphatic rings. The van der Waals surface area contributed by atoms with Gasteiger partial charge in [0.05, 0.1) is 12.1 Å². The Labute approximate surface area is 178 Å². The minimum absolute atomic E-state index is 0.0341. The van der Waals surface area contributed by atoms with Gasteiger partial charge in [0.25, 0.3) is 5.91 Å². The van der Waals surface area contributed by atoms with Crippen LogP contribution in [0.5, 0.6) is 0 Å². The summed E-state index contributed by atoms with van der Waals surface area (Å²) in [6.07, 6.45) is 1.24. The van der Waals surface area contributed by atoms with E-state index in [1.165, 1.54) is 10.7 Å². The number of aromatic nitrogens is 3. The molecule has 31 heavy (non-hydrogen) atoms. The van der Waals surface area contributed by atoms with Gasteiger partial charge in [-0.2, -0.15) is 5.10 Å². The van der Waals surface area contributed by atoms with Gasteiger partial charge in [-0.3, -0.25) is 9.36 Å². The summed E-state index contributed by atoms with van der Waals surface area (Å²) in [7, 11) is 0. The lowest BCUT2D eigenvalue weighted by molar-refractivity contribution is 0.0705. The summed E-state index contributed by atoms with van der Waals surface area (Å²) in [5, 5.41) is 4.61. The lowest BCUT2D eigenvalue weighted by Gasteiger charge is -2.31. The minimum Gasteiger partial charge on any atom is -0.339 e. The van der Waals surface area contributed by atoms with Crippen molar-refractivity contribution in [1.82, 2.24) is 19.2 Å². The lowest BCUT2D eigenvalue weighted by Crippen LogP contribution is -2.39. The van der Waals surface area contributed by atoms with E-state index in [1.807, 2.05) is 37.3 Å². The van der Waals surface area contributed by atoms with E-state index >= 15 is 0 Å². The van der Waals surface area contributed by atoms with E-state index in [-0.39, 0.29) is 17.2 Å². The third-order valence-electron chi connectivity index (χ3n) is 5.75. The first-order valence-electron chi connectivity index (χ1n) is 10.4. The van der Waals surface area contributed by atoms with Crippen molar-refractivity contribution in [3.8, 4) is 0 Å². The second-order valence-corrected chi connectivity index (χ2v) is 7.72. The Morgan fingerprint density at radius 3 is 2.45 bits per heavy atom. The fourth-order valence-electron chi connectivity index (χ4n) is 4.09. The fourth-order valence-corrected chi connectivity index (χ4v) is 4.09. The average Bonchev–Trinajstić information content (AvgIpc) is 3.09. The number of nitrogens with zero attached hydrogens (tertiary/aromatic N) is 4. The first-order chi connectivity index (χ1) is 15.0. The van der Waals surface area contributed by atoms with Gasteiger partial charge in [0.1, 0.15) is 17.5 Å².